The molecule has 3 rings (SSSR count). The van der Waals surface area contributed by atoms with Crippen LogP contribution < -0.4 is 15.5 Å². The van der Waals surface area contributed by atoms with Crippen LogP contribution in [0.1, 0.15) is 63.0 Å². The second-order valence-corrected chi connectivity index (χ2v) is 8.78. The molecule has 1 aliphatic heterocycles. The van der Waals surface area contributed by atoms with Gasteiger partial charge >= 0.3 is 12.0 Å². The number of carboxylic acid groups (broad SMARTS) is 1. The Balaban J connectivity index is 1.92. The summed E-state index contributed by atoms with van der Waals surface area (Å²) in [5.41, 5.74) is 3.55. The molecule has 1 saturated heterocycles. The molecule has 0 bridgehead atoms. The Labute approximate surface area is 206 Å². The van der Waals surface area contributed by atoms with E-state index >= 15 is 0 Å². The van der Waals surface area contributed by atoms with Gasteiger partial charge in [-0.05, 0) is 73.6 Å². The molecule has 1 fully saturated rings. The number of amides is 2. The van der Waals surface area contributed by atoms with Gasteiger partial charge in [0.2, 0.25) is 0 Å². The number of carboxylic acids is 1. The Hall–Kier alpha value is -3.57. The van der Waals surface area contributed by atoms with Crippen LogP contribution in [0.4, 0.5) is 21.9 Å². The maximum absolute atomic E-state index is 13.0. The van der Waals surface area contributed by atoms with Crippen molar-refractivity contribution in [3.05, 3.63) is 53.6 Å². The number of hydrogen-bond acceptors (Lipinski definition) is 5. The molecular formula is C27H34N4O4. The molecule has 1 heterocycles. The summed E-state index contributed by atoms with van der Waals surface area (Å²) >= 11 is 0. The predicted octanol–water partition coefficient (Wildman–Crippen LogP) is 5.57. The first-order valence-corrected chi connectivity index (χ1v) is 12.2. The van der Waals surface area contributed by atoms with Crippen molar-refractivity contribution in [1.29, 1.82) is 5.26 Å². The lowest BCUT2D eigenvalue weighted by Gasteiger charge is -2.37. The summed E-state index contributed by atoms with van der Waals surface area (Å²) in [5.74, 6) is -0.991. The van der Waals surface area contributed by atoms with Crippen molar-refractivity contribution in [1.82, 2.24) is 0 Å². The van der Waals surface area contributed by atoms with Crippen LogP contribution in [0.15, 0.2) is 42.5 Å². The van der Waals surface area contributed by atoms with Crippen molar-refractivity contribution in [2.45, 2.75) is 57.9 Å². The molecule has 2 aromatic carbocycles. The highest BCUT2D eigenvalue weighted by Crippen LogP contribution is 2.35. The van der Waals surface area contributed by atoms with Gasteiger partial charge in [0, 0.05) is 31.5 Å². The Morgan fingerprint density at radius 3 is 2.46 bits per heavy atom. The van der Waals surface area contributed by atoms with Gasteiger partial charge in [0.15, 0.2) is 0 Å². The zero-order valence-corrected chi connectivity index (χ0v) is 20.4. The topological polar surface area (TPSA) is 115 Å². The molecular weight excluding hydrogens is 444 g/mol. The summed E-state index contributed by atoms with van der Waals surface area (Å²) in [6.07, 6.45) is 3.49. The summed E-state index contributed by atoms with van der Waals surface area (Å²) < 4.78 is 5.56. The number of urea groups is 1. The molecule has 186 valence electrons. The largest absolute Gasteiger partial charge is 0.481 e. The zero-order chi connectivity index (χ0) is 25.2. The first-order chi connectivity index (χ1) is 16.9. The van der Waals surface area contributed by atoms with E-state index in [0.29, 0.717) is 42.6 Å². The van der Waals surface area contributed by atoms with Gasteiger partial charge in [-0.25, -0.2) is 4.79 Å². The van der Waals surface area contributed by atoms with E-state index in [1.54, 1.807) is 24.3 Å². The van der Waals surface area contributed by atoms with Crippen molar-refractivity contribution in [3.8, 4) is 6.07 Å². The molecule has 0 saturated carbocycles. The maximum atomic E-state index is 13.0. The van der Waals surface area contributed by atoms with Gasteiger partial charge in [0.05, 0.1) is 29.4 Å². The van der Waals surface area contributed by atoms with E-state index in [4.69, 9.17) is 10.00 Å². The Kier molecular flexibility index (Phi) is 9.50. The lowest BCUT2D eigenvalue weighted by Crippen LogP contribution is -2.40. The van der Waals surface area contributed by atoms with Crippen LogP contribution in [0.2, 0.25) is 0 Å². The minimum Gasteiger partial charge on any atom is -0.481 e. The molecule has 2 amide bonds. The van der Waals surface area contributed by atoms with E-state index in [2.05, 4.69) is 28.5 Å². The Morgan fingerprint density at radius 2 is 1.86 bits per heavy atom. The third-order valence-electron chi connectivity index (χ3n) is 6.33. The lowest BCUT2D eigenvalue weighted by molar-refractivity contribution is -0.137. The highest BCUT2D eigenvalue weighted by atomic mass is 16.5. The van der Waals surface area contributed by atoms with Gasteiger partial charge in [0.1, 0.15) is 0 Å². The van der Waals surface area contributed by atoms with Crippen LogP contribution in [0.25, 0.3) is 0 Å². The van der Waals surface area contributed by atoms with Gasteiger partial charge in [-0.1, -0.05) is 19.9 Å². The van der Waals surface area contributed by atoms with Crippen molar-refractivity contribution in [2.24, 2.45) is 0 Å². The fourth-order valence-electron chi connectivity index (χ4n) is 4.52. The van der Waals surface area contributed by atoms with Gasteiger partial charge in [-0.3, -0.25) is 4.79 Å². The van der Waals surface area contributed by atoms with Crippen molar-refractivity contribution >= 4 is 29.1 Å². The number of hydrogen-bond donors (Lipinski definition) is 3. The SMILES string of the molecule is CCCN(c1ccc([C@@H](CC)CC(=O)O)cc1NC(=O)Nc1ccc(C#N)cc1)C1CCOCC1. The highest BCUT2D eigenvalue weighted by molar-refractivity contribution is 6.02. The van der Waals surface area contributed by atoms with Crippen LogP contribution in [-0.4, -0.2) is 42.9 Å². The summed E-state index contributed by atoms with van der Waals surface area (Å²) in [4.78, 5) is 26.7. The molecule has 0 unspecified atom stereocenters. The van der Waals surface area contributed by atoms with Crippen LogP contribution >= 0.6 is 0 Å². The Morgan fingerprint density at radius 1 is 1.14 bits per heavy atom. The fraction of sp³-hybridized carbons (Fsp3) is 0.444. The number of nitrogens with one attached hydrogen (secondary N) is 2. The van der Waals surface area contributed by atoms with E-state index in [1.807, 2.05) is 25.1 Å². The van der Waals surface area contributed by atoms with E-state index in [9.17, 15) is 14.7 Å². The number of anilines is 3. The molecule has 1 aliphatic rings. The van der Waals surface area contributed by atoms with Gasteiger partial charge in [-0.2, -0.15) is 5.26 Å². The number of benzene rings is 2. The van der Waals surface area contributed by atoms with E-state index in [-0.39, 0.29) is 12.3 Å². The third kappa shape index (κ3) is 7.20. The summed E-state index contributed by atoms with van der Waals surface area (Å²) in [6, 6.07) is 14.5. The van der Waals surface area contributed by atoms with Crippen LogP contribution in [0.3, 0.4) is 0 Å². The quantitative estimate of drug-likeness (QED) is 0.411. The Bertz CT molecular complexity index is 1040. The van der Waals surface area contributed by atoms with Gasteiger partial charge in [-0.15, -0.1) is 0 Å². The minimum absolute atomic E-state index is 0.0331. The number of carbonyl (C=O) groups is 2. The first kappa shape index (κ1) is 26.0. The van der Waals surface area contributed by atoms with E-state index in [0.717, 1.165) is 37.1 Å². The summed E-state index contributed by atoms with van der Waals surface area (Å²) in [7, 11) is 0. The van der Waals surface area contributed by atoms with Crippen molar-refractivity contribution < 1.29 is 19.4 Å². The normalized spacial score (nSPS) is 14.5. The molecule has 35 heavy (non-hydrogen) atoms. The number of nitriles is 1. The summed E-state index contributed by atoms with van der Waals surface area (Å²) in [5, 5.41) is 24.2. The molecule has 1 atom stereocenters. The molecule has 0 radical (unpaired) electrons. The van der Waals surface area contributed by atoms with Crippen molar-refractivity contribution in [3.63, 3.8) is 0 Å². The van der Waals surface area contributed by atoms with Gasteiger partial charge < -0.3 is 25.4 Å². The van der Waals surface area contributed by atoms with E-state index in [1.165, 1.54) is 0 Å². The molecule has 8 heteroatoms. The number of rotatable bonds is 10. The average molecular weight is 479 g/mol. The van der Waals surface area contributed by atoms with Crippen molar-refractivity contribution in [2.75, 3.05) is 35.3 Å². The minimum atomic E-state index is -0.844. The monoisotopic (exact) mass is 478 g/mol. The van der Waals surface area contributed by atoms with Crippen LogP contribution in [0.5, 0.6) is 0 Å². The second kappa shape index (κ2) is 12.8. The van der Waals surface area contributed by atoms with Crippen LogP contribution in [-0.2, 0) is 9.53 Å². The molecule has 8 nitrogen and oxygen atoms in total. The number of carbonyl (C=O) groups excluding carboxylic acids is 1. The first-order valence-electron chi connectivity index (χ1n) is 12.2. The zero-order valence-electron chi connectivity index (χ0n) is 20.4. The second-order valence-electron chi connectivity index (χ2n) is 8.78. The smallest absolute Gasteiger partial charge is 0.323 e. The summed E-state index contributed by atoms with van der Waals surface area (Å²) in [6.45, 7) is 6.36. The van der Waals surface area contributed by atoms with Gasteiger partial charge in [0.25, 0.3) is 0 Å². The molecule has 2 aromatic rings. The molecule has 0 aliphatic carbocycles. The van der Waals surface area contributed by atoms with E-state index < -0.39 is 12.0 Å². The molecule has 0 aromatic heterocycles. The third-order valence-corrected chi connectivity index (χ3v) is 6.33. The molecule has 0 spiro atoms. The predicted molar refractivity (Wildman–Crippen MR) is 137 cm³/mol. The average Bonchev–Trinajstić information content (AvgIpc) is 2.87. The number of aliphatic carboxylic acids is 1. The van der Waals surface area contributed by atoms with Crippen LogP contribution in [0, 0.1) is 11.3 Å². The number of ether oxygens (including phenoxy) is 1. The highest BCUT2D eigenvalue weighted by Gasteiger charge is 2.25. The maximum Gasteiger partial charge on any atom is 0.323 e. The molecule has 3 N–H and O–H groups in total. The standard InChI is InChI=1S/C27H34N4O4/c1-3-13-31(23-11-14-35-15-12-23)25-10-7-21(20(4-2)17-26(32)33)16-24(25)30-27(34)29-22-8-5-19(18-28)6-9-22/h5-10,16,20,23H,3-4,11-15,17H2,1-2H3,(H,32,33)(H2,29,30,34)/t20-/m0/s1. The number of nitrogens with zero attached hydrogens (tertiary/aromatic N) is 2. The fourth-order valence-corrected chi connectivity index (χ4v) is 4.52. The lowest BCUT2D eigenvalue weighted by atomic mass is 9.92.